The summed E-state index contributed by atoms with van der Waals surface area (Å²) in [4.78, 5) is 14.6. The average Bonchev–Trinajstić information content (AvgIpc) is 2.83. The molecule has 1 saturated heterocycles. The Bertz CT molecular complexity index is 509. The third-order valence-electron chi connectivity index (χ3n) is 4.37. The molecule has 0 radical (unpaired) electrons. The van der Waals surface area contributed by atoms with Crippen LogP contribution < -0.4 is 5.32 Å². The minimum Gasteiger partial charge on any atom is -0.325 e. The molecule has 0 saturated carbocycles. The molecule has 1 fully saturated rings. The summed E-state index contributed by atoms with van der Waals surface area (Å²) in [7, 11) is 2.09. The summed E-state index contributed by atoms with van der Waals surface area (Å²) >= 11 is 0. The Labute approximate surface area is 108 Å². The van der Waals surface area contributed by atoms with Gasteiger partial charge in [0.15, 0.2) is 0 Å². The number of rotatable bonds is 1. The fourth-order valence-corrected chi connectivity index (χ4v) is 3.20. The molecule has 2 aliphatic heterocycles. The van der Waals surface area contributed by atoms with E-state index in [0.29, 0.717) is 5.92 Å². The van der Waals surface area contributed by atoms with Crippen LogP contribution in [0.4, 0.5) is 5.69 Å². The predicted octanol–water partition coefficient (Wildman–Crippen LogP) is 2.34. The van der Waals surface area contributed by atoms with Crippen LogP contribution in [-0.4, -0.2) is 30.9 Å². The lowest BCUT2D eigenvalue weighted by Crippen LogP contribution is -2.36. The molecule has 96 valence electrons. The fraction of sp³-hybridized carbons (Fsp3) is 0.533. The maximum atomic E-state index is 12.3. The SMILES string of the molecule is CC(C)c1ccc2c(c1)C1(CCN(C)C1)C(=O)N2. The van der Waals surface area contributed by atoms with Gasteiger partial charge in [0.1, 0.15) is 0 Å². The molecule has 1 unspecified atom stereocenters. The third-order valence-corrected chi connectivity index (χ3v) is 4.37. The third kappa shape index (κ3) is 1.50. The highest BCUT2D eigenvalue weighted by Gasteiger charge is 2.50. The molecule has 1 atom stereocenters. The summed E-state index contributed by atoms with van der Waals surface area (Å²) < 4.78 is 0. The van der Waals surface area contributed by atoms with Gasteiger partial charge >= 0.3 is 0 Å². The summed E-state index contributed by atoms with van der Waals surface area (Å²) in [5.74, 6) is 0.685. The fourth-order valence-electron chi connectivity index (χ4n) is 3.20. The van der Waals surface area contributed by atoms with Gasteiger partial charge in [0, 0.05) is 12.2 Å². The van der Waals surface area contributed by atoms with Gasteiger partial charge in [-0.1, -0.05) is 26.0 Å². The van der Waals surface area contributed by atoms with Gasteiger partial charge in [-0.3, -0.25) is 4.79 Å². The Hall–Kier alpha value is -1.35. The van der Waals surface area contributed by atoms with Crippen molar-refractivity contribution in [3.63, 3.8) is 0 Å². The lowest BCUT2D eigenvalue weighted by atomic mass is 9.79. The molecule has 0 aromatic heterocycles. The maximum Gasteiger partial charge on any atom is 0.236 e. The van der Waals surface area contributed by atoms with Gasteiger partial charge in [0.25, 0.3) is 0 Å². The molecule has 1 aromatic rings. The molecule has 3 heteroatoms. The van der Waals surface area contributed by atoms with Gasteiger partial charge in [0.05, 0.1) is 5.41 Å². The van der Waals surface area contributed by atoms with E-state index in [2.05, 4.69) is 49.3 Å². The number of hydrogen-bond acceptors (Lipinski definition) is 2. The Morgan fingerprint density at radius 2 is 2.17 bits per heavy atom. The molecule has 18 heavy (non-hydrogen) atoms. The molecule has 1 N–H and O–H groups in total. The number of nitrogens with one attached hydrogen (secondary N) is 1. The highest BCUT2D eigenvalue weighted by atomic mass is 16.2. The first-order chi connectivity index (χ1) is 8.53. The molecule has 2 heterocycles. The second-order valence-corrected chi connectivity index (χ2v) is 5.98. The molecular formula is C15H20N2O. The van der Waals surface area contributed by atoms with Gasteiger partial charge in [-0.25, -0.2) is 0 Å². The van der Waals surface area contributed by atoms with Crippen molar-refractivity contribution in [2.45, 2.75) is 31.6 Å². The smallest absolute Gasteiger partial charge is 0.236 e. The predicted molar refractivity (Wildman–Crippen MR) is 73.0 cm³/mol. The number of likely N-dealkylation sites (N-methyl/N-ethyl adjacent to an activating group) is 1. The standard InChI is InChI=1S/C15H20N2O/c1-10(2)11-4-5-13-12(8-11)15(14(18)16-13)6-7-17(3)9-15/h4-5,8,10H,6-7,9H2,1-3H3,(H,16,18). The van der Waals surface area contributed by atoms with Crippen LogP contribution in [0.25, 0.3) is 0 Å². The minimum absolute atomic E-state index is 0.183. The van der Waals surface area contributed by atoms with E-state index in [9.17, 15) is 4.79 Å². The lowest BCUT2D eigenvalue weighted by Gasteiger charge is -2.22. The summed E-state index contributed by atoms with van der Waals surface area (Å²) in [6.45, 7) is 6.23. The van der Waals surface area contributed by atoms with Crippen molar-refractivity contribution in [2.75, 3.05) is 25.5 Å². The number of nitrogens with zero attached hydrogens (tertiary/aromatic N) is 1. The second kappa shape index (κ2) is 3.82. The van der Waals surface area contributed by atoms with Gasteiger partial charge in [0.2, 0.25) is 5.91 Å². The van der Waals surface area contributed by atoms with Crippen LogP contribution in [-0.2, 0) is 10.2 Å². The second-order valence-electron chi connectivity index (χ2n) is 5.98. The monoisotopic (exact) mass is 244 g/mol. The Morgan fingerprint density at radius 3 is 2.78 bits per heavy atom. The molecule has 1 amide bonds. The summed E-state index contributed by atoms with van der Waals surface area (Å²) in [5, 5.41) is 3.05. The highest BCUT2D eigenvalue weighted by molar-refractivity contribution is 6.06. The van der Waals surface area contributed by atoms with Crippen molar-refractivity contribution in [1.29, 1.82) is 0 Å². The summed E-state index contributed by atoms with van der Waals surface area (Å²) in [5.41, 5.74) is 3.25. The number of hydrogen-bond donors (Lipinski definition) is 1. The van der Waals surface area contributed by atoms with Gasteiger partial charge < -0.3 is 10.2 Å². The van der Waals surface area contributed by atoms with Crippen LogP contribution in [0.3, 0.4) is 0 Å². The van der Waals surface area contributed by atoms with Crippen LogP contribution in [0.2, 0.25) is 0 Å². The molecular weight excluding hydrogens is 224 g/mol. The van der Waals surface area contributed by atoms with Crippen molar-refractivity contribution >= 4 is 11.6 Å². The van der Waals surface area contributed by atoms with Crippen molar-refractivity contribution in [3.8, 4) is 0 Å². The first-order valence-electron chi connectivity index (χ1n) is 6.67. The summed E-state index contributed by atoms with van der Waals surface area (Å²) in [6, 6.07) is 6.42. The molecule has 1 aromatic carbocycles. The van der Waals surface area contributed by atoms with Crippen LogP contribution in [0.5, 0.6) is 0 Å². The highest BCUT2D eigenvalue weighted by Crippen LogP contribution is 2.44. The number of amides is 1. The number of likely N-dealkylation sites (tertiary alicyclic amines) is 1. The molecule has 1 spiro atoms. The number of carbonyl (C=O) groups excluding carboxylic acids is 1. The van der Waals surface area contributed by atoms with E-state index in [1.807, 2.05) is 0 Å². The van der Waals surface area contributed by atoms with Crippen LogP contribution in [0, 0.1) is 0 Å². The van der Waals surface area contributed by atoms with E-state index in [1.165, 1.54) is 11.1 Å². The van der Waals surface area contributed by atoms with Crippen LogP contribution in [0.1, 0.15) is 37.3 Å². The van der Waals surface area contributed by atoms with E-state index in [4.69, 9.17) is 0 Å². The topological polar surface area (TPSA) is 32.3 Å². The van der Waals surface area contributed by atoms with Gasteiger partial charge in [-0.2, -0.15) is 0 Å². The first-order valence-corrected chi connectivity index (χ1v) is 6.67. The molecule has 0 bridgehead atoms. The zero-order chi connectivity index (χ0) is 12.9. The zero-order valence-corrected chi connectivity index (χ0v) is 11.3. The van der Waals surface area contributed by atoms with Crippen molar-refractivity contribution in [1.82, 2.24) is 4.90 Å². The van der Waals surface area contributed by atoms with Gasteiger partial charge in [-0.15, -0.1) is 0 Å². The van der Waals surface area contributed by atoms with Crippen molar-refractivity contribution in [3.05, 3.63) is 29.3 Å². The zero-order valence-electron chi connectivity index (χ0n) is 11.3. The van der Waals surface area contributed by atoms with E-state index in [0.717, 1.165) is 25.2 Å². The largest absolute Gasteiger partial charge is 0.325 e. The number of fused-ring (bicyclic) bond motifs is 2. The Kier molecular flexibility index (Phi) is 2.49. The Morgan fingerprint density at radius 1 is 1.39 bits per heavy atom. The Balaban J connectivity index is 2.10. The summed E-state index contributed by atoms with van der Waals surface area (Å²) in [6.07, 6.45) is 0.934. The van der Waals surface area contributed by atoms with Crippen molar-refractivity contribution < 1.29 is 4.79 Å². The van der Waals surface area contributed by atoms with Crippen LogP contribution >= 0.6 is 0 Å². The quantitative estimate of drug-likeness (QED) is 0.822. The lowest BCUT2D eigenvalue weighted by molar-refractivity contribution is -0.120. The van der Waals surface area contributed by atoms with Crippen LogP contribution in [0.15, 0.2) is 18.2 Å². The number of benzene rings is 1. The molecule has 2 aliphatic rings. The normalized spacial score (nSPS) is 27.0. The van der Waals surface area contributed by atoms with E-state index >= 15 is 0 Å². The first kappa shape index (κ1) is 11.7. The molecule has 0 aliphatic carbocycles. The number of anilines is 1. The molecule has 3 rings (SSSR count). The van der Waals surface area contributed by atoms with E-state index in [-0.39, 0.29) is 11.3 Å². The number of carbonyl (C=O) groups is 1. The van der Waals surface area contributed by atoms with Gasteiger partial charge in [-0.05, 0) is 43.1 Å². The minimum atomic E-state index is -0.297. The van der Waals surface area contributed by atoms with E-state index in [1.54, 1.807) is 0 Å². The molecule has 3 nitrogen and oxygen atoms in total. The maximum absolute atomic E-state index is 12.3. The van der Waals surface area contributed by atoms with E-state index < -0.39 is 0 Å². The average molecular weight is 244 g/mol. The van der Waals surface area contributed by atoms with Crippen molar-refractivity contribution in [2.24, 2.45) is 0 Å².